The van der Waals surface area contributed by atoms with Crippen LogP contribution in [0.25, 0.3) is 11.4 Å². The van der Waals surface area contributed by atoms with Crippen LogP contribution in [0.4, 0.5) is 5.82 Å². The highest BCUT2D eigenvalue weighted by atomic mass is 16.5. The van der Waals surface area contributed by atoms with Crippen LogP contribution in [0.2, 0.25) is 0 Å². The smallest absolute Gasteiger partial charge is 0.244 e. The third kappa shape index (κ3) is 4.47. The molecular weight excluding hydrogens is 374 g/mol. The van der Waals surface area contributed by atoms with Gasteiger partial charge in [-0.3, -0.25) is 4.90 Å². The lowest BCUT2D eigenvalue weighted by atomic mass is 10.2. The number of furan rings is 1. The van der Waals surface area contributed by atoms with Gasteiger partial charge in [0.1, 0.15) is 23.9 Å². The zero-order chi connectivity index (χ0) is 20.1. The van der Waals surface area contributed by atoms with E-state index in [1.165, 1.54) is 0 Å². The van der Waals surface area contributed by atoms with Crippen LogP contribution >= 0.6 is 0 Å². The van der Waals surface area contributed by atoms with E-state index in [0.29, 0.717) is 43.0 Å². The molecule has 2 N–H and O–H groups in total. The summed E-state index contributed by atoms with van der Waals surface area (Å²) in [6, 6.07) is 7.51. The van der Waals surface area contributed by atoms with Crippen molar-refractivity contribution in [1.29, 1.82) is 0 Å². The number of pyridine rings is 1. The van der Waals surface area contributed by atoms with E-state index in [4.69, 9.17) is 13.7 Å². The van der Waals surface area contributed by atoms with Crippen molar-refractivity contribution in [2.24, 2.45) is 0 Å². The summed E-state index contributed by atoms with van der Waals surface area (Å²) in [5, 5.41) is 16.6. The second-order valence-electron chi connectivity index (χ2n) is 6.93. The molecule has 9 nitrogen and oxygen atoms in total. The summed E-state index contributed by atoms with van der Waals surface area (Å²) in [7, 11) is 1.66. The van der Waals surface area contributed by atoms with Gasteiger partial charge in [-0.2, -0.15) is 4.98 Å². The number of aromatic nitrogens is 3. The highest BCUT2D eigenvalue weighted by Crippen LogP contribution is 2.34. The molecule has 0 bridgehead atoms. The highest BCUT2D eigenvalue weighted by Gasteiger charge is 2.31. The standard InChI is InChI=1S/C20H25N5O4/c1-27-11-9-22-18-16(4-2-8-21-18)19-23-20(29-24-19)17-5-3-10-25(17)12-14-6-7-15(13-26)28-14/h2,4,6-8,17,26H,3,5,9-13H2,1H3,(H,21,22)/t17-/m0/s1. The Balaban J connectivity index is 1.49. The summed E-state index contributed by atoms with van der Waals surface area (Å²) in [6.07, 6.45) is 3.72. The van der Waals surface area contributed by atoms with Gasteiger partial charge in [-0.15, -0.1) is 0 Å². The van der Waals surface area contributed by atoms with Gasteiger partial charge in [-0.25, -0.2) is 4.98 Å². The first kappa shape index (κ1) is 19.6. The van der Waals surface area contributed by atoms with Gasteiger partial charge in [0.25, 0.3) is 0 Å². The Bertz CT molecular complexity index is 925. The van der Waals surface area contributed by atoms with Crippen LogP contribution < -0.4 is 5.32 Å². The largest absolute Gasteiger partial charge is 0.462 e. The number of rotatable bonds is 9. The lowest BCUT2D eigenvalue weighted by Gasteiger charge is -2.19. The quantitative estimate of drug-likeness (QED) is 0.525. The summed E-state index contributed by atoms with van der Waals surface area (Å²) in [6.45, 7) is 2.69. The lowest BCUT2D eigenvalue weighted by molar-refractivity contribution is 0.182. The van der Waals surface area contributed by atoms with Gasteiger partial charge >= 0.3 is 0 Å². The second-order valence-corrected chi connectivity index (χ2v) is 6.93. The summed E-state index contributed by atoms with van der Waals surface area (Å²) in [5.41, 5.74) is 0.793. The molecule has 0 saturated carbocycles. The van der Waals surface area contributed by atoms with Crippen molar-refractivity contribution >= 4 is 5.82 Å². The summed E-state index contributed by atoms with van der Waals surface area (Å²) < 4.78 is 16.3. The molecule has 1 fully saturated rings. The van der Waals surface area contributed by atoms with E-state index >= 15 is 0 Å². The van der Waals surface area contributed by atoms with Crippen LogP contribution in [0.1, 0.15) is 36.3 Å². The van der Waals surface area contributed by atoms with Gasteiger partial charge < -0.3 is 24.1 Å². The molecule has 1 aliphatic rings. The Labute approximate surface area is 168 Å². The molecule has 3 aromatic heterocycles. The van der Waals surface area contributed by atoms with Gasteiger partial charge in [-0.1, -0.05) is 5.16 Å². The first-order chi connectivity index (χ1) is 14.3. The van der Waals surface area contributed by atoms with Crippen molar-refractivity contribution in [2.45, 2.75) is 32.0 Å². The lowest BCUT2D eigenvalue weighted by Crippen LogP contribution is -2.22. The van der Waals surface area contributed by atoms with Crippen molar-refractivity contribution in [3.63, 3.8) is 0 Å². The van der Waals surface area contributed by atoms with Gasteiger partial charge in [0, 0.05) is 19.9 Å². The number of anilines is 1. The molecule has 0 spiro atoms. The number of hydrogen-bond donors (Lipinski definition) is 2. The maximum absolute atomic E-state index is 9.19. The van der Waals surface area contributed by atoms with E-state index in [0.717, 1.165) is 30.7 Å². The minimum absolute atomic E-state index is 0.0421. The molecule has 3 aromatic rings. The number of hydrogen-bond acceptors (Lipinski definition) is 9. The van der Waals surface area contributed by atoms with Gasteiger partial charge in [0.15, 0.2) is 0 Å². The monoisotopic (exact) mass is 399 g/mol. The minimum Gasteiger partial charge on any atom is -0.462 e. The molecule has 1 saturated heterocycles. The first-order valence-corrected chi connectivity index (χ1v) is 9.72. The third-order valence-electron chi connectivity index (χ3n) is 4.97. The zero-order valence-corrected chi connectivity index (χ0v) is 16.4. The summed E-state index contributed by atoms with van der Waals surface area (Å²) >= 11 is 0. The minimum atomic E-state index is -0.0949. The topological polar surface area (TPSA) is 110 Å². The Morgan fingerprint density at radius 1 is 1.31 bits per heavy atom. The zero-order valence-electron chi connectivity index (χ0n) is 16.4. The van der Waals surface area contributed by atoms with Crippen LogP contribution in [0, 0.1) is 0 Å². The molecule has 154 valence electrons. The SMILES string of the molecule is COCCNc1ncccc1-c1noc([C@@H]2CCCN2Cc2ccc(CO)o2)n1. The van der Waals surface area contributed by atoms with Crippen molar-refractivity contribution in [2.75, 3.05) is 32.1 Å². The molecule has 0 unspecified atom stereocenters. The molecule has 1 aliphatic heterocycles. The van der Waals surface area contributed by atoms with Crippen LogP contribution in [0.5, 0.6) is 0 Å². The Morgan fingerprint density at radius 3 is 3.03 bits per heavy atom. The van der Waals surface area contributed by atoms with Gasteiger partial charge in [0.2, 0.25) is 11.7 Å². The van der Waals surface area contributed by atoms with Crippen LogP contribution in [-0.4, -0.2) is 51.9 Å². The third-order valence-corrected chi connectivity index (χ3v) is 4.97. The Morgan fingerprint density at radius 2 is 2.21 bits per heavy atom. The number of nitrogens with one attached hydrogen (secondary N) is 1. The van der Waals surface area contributed by atoms with E-state index in [-0.39, 0.29) is 12.6 Å². The summed E-state index contributed by atoms with van der Waals surface area (Å²) in [5.74, 6) is 3.20. The summed E-state index contributed by atoms with van der Waals surface area (Å²) in [4.78, 5) is 11.3. The number of ether oxygens (including phenoxy) is 1. The van der Waals surface area contributed by atoms with Crippen molar-refractivity contribution in [3.8, 4) is 11.4 Å². The molecule has 4 heterocycles. The predicted octanol–water partition coefficient (Wildman–Crippen LogP) is 2.61. The Hall–Kier alpha value is -2.75. The number of aliphatic hydroxyl groups excluding tert-OH is 1. The molecule has 0 aliphatic carbocycles. The van der Waals surface area contributed by atoms with E-state index in [1.54, 1.807) is 19.4 Å². The highest BCUT2D eigenvalue weighted by molar-refractivity contribution is 5.69. The molecular formula is C20H25N5O4. The second kappa shape index (κ2) is 9.17. The van der Waals surface area contributed by atoms with E-state index in [1.807, 2.05) is 18.2 Å². The van der Waals surface area contributed by atoms with Gasteiger partial charge in [-0.05, 0) is 43.7 Å². The van der Waals surface area contributed by atoms with Crippen molar-refractivity contribution in [3.05, 3.63) is 47.9 Å². The maximum atomic E-state index is 9.19. The molecule has 29 heavy (non-hydrogen) atoms. The fourth-order valence-corrected chi connectivity index (χ4v) is 3.57. The first-order valence-electron chi connectivity index (χ1n) is 9.72. The van der Waals surface area contributed by atoms with Crippen LogP contribution in [-0.2, 0) is 17.9 Å². The maximum Gasteiger partial charge on any atom is 0.244 e. The number of nitrogens with zero attached hydrogens (tertiary/aromatic N) is 4. The van der Waals surface area contributed by atoms with Crippen molar-refractivity contribution in [1.82, 2.24) is 20.0 Å². The molecule has 4 rings (SSSR count). The normalized spacial score (nSPS) is 17.1. The fraction of sp³-hybridized carbons (Fsp3) is 0.450. The van der Waals surface area contributed by atoms with Crippen molar-refractivity contribution < 1.29 is 18.8 Å². The number of aliphatic hydroxyl groups is 1. The number of likely N-dealkylation sites (tertiary alicyclic amines) is 1. The molecule has 0 aromatic carbocycles. The Kier molecular flexibility index (Phi) is 6.18. The number of methoxy groups -OCH3 is 1. The molecule has 1 atom stereocenters. The van der Waals surface area contributed by atoms with E-state index in [2.05, 4.69) is 25.3 Å². The molecule has 0 radical (unpaired) electrons. The van der Waals surface area contributed by atoms with Crippen LogP contribution in [0.3, 0.4) is 0 Å². The average Bonchev–Trinajstić information content (AvgIpc) is 3.49. The molecule has 9 heteroatoms. The van der Waals surface area contributed by atoms with Gasteiger partial charge in [0.05, 0.1) is 24.8 Å². The molecule has 0 amide bonds. The predicted molar refractivity (Wildman–Crippen MR) is 105 cm³/mol. The fourth-order valence-electron chi connectivity index (χ4n) is 3.57. The van der Waals surface area contributed by atoms with E-state index in [9.17, 15) is 5.11 Å². The van der Waals surface area contributed by atoms with Crippen LogP contribution in [0.15, 0.2) is 39.4 Å². The average molecular weight is 399 g/mol. The van der Waals surface area contributed by atoms with E-state index < -0.39 is 0 Å².